The maximum atomic E-state index is 12.7. The highest BCUT2D eigenvalue weighted by Gasteiger charge is 2.23. The van der Waals surface area contributed by atoms with E-state index in [9.17, 15) is 8.42 Å². The second-order valence-electron chi connectivity index (χ2n) is 5.46. The summed E-state index contributed by atoms with van der Waals surface area (Å²) in [5, 5.41) is 9.10. The van der Waals surface area contributed by atoms with E-state index in [0.29, 0.717) is 34.9 Å². The molecule has 0 spiro atoms. The third kappa shape index (κ3) is 3.73. The quantitative estimate of drug-likeness (QED) is 0.594. The summed E-state index contributed by atoms with van der Waals surface area (Å²) in [7, 11) is -3.53. The molecule has 0 saturated heterocycles. The molecule has 0 bridgehead atoms. The Hall–Kier alpha value is -1.58. The predicted octanol–water partition coefficient (Wildman–Crippen LogP) is 2.19. The summed E-state index contributed by atoms with van der Waals surface area (Å²) in [6.45, 7) is 8.55. The molecule has 1 aromatic carbocycles. The number of benzene rings is 1. The van der Waals surface area contributed by atoms with Gasteiger partial charge in [0.2, 0.25) is 15.2 Å². The second kappa shape index (κ2) is 7.54. The van der Waals surface area contributed by atoms with Crippen molar-refractivity contribution in [1.82, 2.24) is 19.2 Å². The van der Waals surface area contributed by atoms with Crippen LogP contribution >= 0.6 is 11.8 Å². The predicted molar refractivity (Wildman–Crippen MR) is 96.7 cm³/mol. The van der Waals surface area contributed by atoms with E-state index in [4.69, 9.17) is 5.84 Å². The summed E-state index contributed by atoms with van der Waals surface area (Å²) in [5.74, 6) is 6.51. The van der Waals surface area contributed by atoms with E-state index in [1.54, 1.807) is 24.3 Å². The molecule has 7 nitrogen and oxygen atoms in total. The minimum Gasteiger partial charge on any atom is -0.335 e. The van der Waals surface area contributed by atoms with Crippen molar-refractivity contribution in [3.8, 4) is 11.4 Å². The third-order valence-electron chi connectivity index (χ3n) is 3.44. The Balaban J connectivity index is 2.43. The summed E-state index contributed by atoms with van der Waals surface area (Å²) < 4.78 is 28.1. The number of hydrogen-bond acceptors (Lipinski definition) is 6. The van der Waals surface area contributed by atoms with Gasteiger partial charge in [0.25, 0.3) is 0 Å². The number of rotatable bonds is 7. The van der Waals surface area contributed by atoms with Crippen LogP contribution in [0.15, 0.2) is 34.3 Å². The van der Waals surface area contributed by atoms with Gasteiger partial charge in [-0.1, -0.05) is 51.6 Å². The molecule has 0 amide bonds. The molecular formula is C15H23N5O2S2. The molecule has 24 heavy (non-hydrogen) atoms. The lowest BCUT2D eigenvalue weighted by molar-refractivity contribution is 0.445. The number of nitrogen functional groups attached to an aromatic ring is 1. The minimum atomic E-state index is -3.53. The number of sulfonamides is 1. The Morgan fingerprint density at radius 1 is 1.25 bits per heavy atom. The fraction of sp³-hybridized carbons (Fsp3) is 0.467. The first-order valence-corrected chi connectivity index (χ1v) is 10.1. The van der Waals surface area contributed by atoms with E-state index in [1.807, 2.05) is 27.7 Å². The molecule has 0 aliphatic carbocycles. The maximum Gasteiger partial charge on any atom is 0.243 e. The van der Waals surface area contributed by atoms with E-state index in [1.165, 1.54) is 20.7 Å². The molecule has 1 aromatic heterocycles. The van der Waals surface area contributed by atoms with Gasteiger partial charge >= 0.3 is 0 Å². The van der Waals surface area contributed by atoms with Crippen molar-refractivity contribution in [2.45, 2.75) is 43.0 Å². The van der Waals surface area contributed by atoms with Gasteiger partial charge in [0.15, 0.2) is 5.82 Å². The largest absolute Gasteiger partial charge is 0.335 e. The van der Waals surface area contributed by atoms with Crippen LogP contribution in [0, 0.1) is 0 Å². The van der Waals surface area contributed by atoms with Crippen LogP contribution in [-0.2, 0) is 10.0 Å². The van der Waals surface area contributed by atoms with Gasteiger partial charge in [-0.15, -0.1) is 10.2 Å². The topological polar surface area (TPSA) is 94.1 Å². The number of aromatic nitrogens is 3. The zero-order valence-corrected chi connectivity index (χ0v) is 15.9. The molecule has 0 radical (unpaired) electrons. The average Bonchev–Trinajstić information content (AvgIpc) is 2.89. The molecular weight excluding hydrogens is 346 g/mol. The summed E-state index contributed by atoms with van der Waals surface area (Å²) in [6.07, 6.45) is 0. The molecule has 9 heteroatoms. The Labute approximate surface area is 147 Å². The first-order valence-electron chi connectivity index (χ1n) is 7.79. The van der Waals surface area contributed by atoms with Gasteiger partial charge in [-0.2, -0.15) is 4.31 Å². The summed E-state index contributed by atoms with van der Waals surface area (Å²) >= 11 is 1.50. The summed E-state index contributed by atoms with van der Waals surface area (Å²) in [5.41, 5.74) is 0.619. The lowest BCUT2D eigenvalue weighted by Gasteiger charge is -2.18. The highest BCUT2D eigenvalue weighted by molar-refractivity contribution is 7.99. The zero-order valence-electron chi connectivity index (χ0n) is 14.3. The molecule has 0 aliphatic heterocycles. The van der Waals surface area contributed by atoms with Crippen LogP contribution in [0.3, 0.4) is 0 Å². The zero-order chi connectivity index (χ0) is 17.9. The Morgan fingerprint density at radius 2 is 1.92 bits per heavy atom. The van der Waals surface area contributed by atoms with E-state index < -0.39 is 10.0 Å². The van der Waals surface area contributed by atoms with Gasteiger partial charge in [-0.25, -0.2) is 13.1 Å². The lowest BCUT2D eigenvalue weighted by atomic mass is 10.2. The van der Waals surface area contributed by atoms with E-state index in [0.717, 1.165) is 0 Å². The van der Waals surface area contributed by atoms with Gasteiger partial charge in [0, 0.05) is 23.9 Å². The van der Waals surface area contributed by atoms with Crippen molar-refractivity contribution in [1.29, 1.82) is 0 Å². The number of thioether (sulfide) groups is 1. The number of hydrogen-bond donors (Lipinski definition) is 1. The van der Waals surface area contributed by atoms with Crippen molar-refractivity contribution in [2.24, 2.45) is 0 Å². The highest BCUT2D eigenvalue weighted by atomic mass is 32.2. The van der Waals surface area contributed by atoms with Gasteiger partial charge < -0.3 is 5.84 Å². The van der Waals surface area contributed by atoms with Gasteiger partial charge in [-0.05, 0) is 12.1 Å². The summed E-state index contributed by atoms with van der Waals surface area (Å²) in [4.78, 5) is 0.227. The highest BCUT2D eigenvalue weighted by Crippen LogP contribution is 2.26. The number of nitrogens with zero attached hydrogens (tertiary/aromatic N) is 4. The molecule has 1 heterocycles. The molecule has 0 saturated carbocycles. The van der Waals surface area contributed by atoms with E-state index in [-0.39, 0.29) is 4.90 Å². The Bertz CT molecular complexity index is 798. The average molecular weight is 370 g/mol. The first kappa shape index (κ1) is 18.8. The third-order valence-corrected chi connectivity index (χ3v) is 6.45. The van der Waals surface area contributed by atoms with Crippen LogP contribution < -0.4 is 5.84 Å². The van der Waals surface area contributed by atoms with Crippen molar-refractivity contribution >= 4 is 21.8 Å². The molecule has 2 rings (SSSR count). The van der Waals surface area contributed by atoms with Gasteiger partial charge in [-0.3, -0.25) is 0 Å². The van der Waals surface area contributed by atoms with Crippen LogP contribution in [0.4, 0.5) is 0 Å². The van der Waals surface area contributed by atoms with Crippen molar-refractivity contribution < 1.29 is 8.42 Å². The molecule has 0 aliphatic rings. The number of nitrogens with two attached hydrogens (primary N) is 1. The van der Waals surface area contributed by atoms with Crippen molar-refractivity contribution in [2.75, 3.05) is 18.9 Å². The smallest absolute Gasteiger partial charge is 0.243 e. The van der Waals surface area contributed by atoms with Crippen LogP contribution in [0.25, 0.3) is 11.4 Å². The van der Waals surface area contributed by atoms with Crippen LogP contribution in [0.1, 0.15) is 27.7 Å². The van der Waals surface area contributed by atoms with E-state index >= 15 is 0 Å². The van der Waals surface area contributed by atoms with Crippen molar-refractivity contribution in [3.63, 3.8) is 0 Å². The fourth-order valence-corrected chi connectivity index (χ4v) is 4.49. The summed E-state index contributed by atoms with van der Waals surface area (Å²) in [6, 6.07) is 6.64. The maximum absolute atomic E-state index is 12.7. The molecule has 2 aromatic rings. The first-order chi connectivity index (χ1) is 11.3. The molecule has 2 N–H and O–H groups in total. The SMILES string of the molecule is CCN(CC)S(=O)(=O)c1cccc(-c2nnc(SC(C)C)n2N)c1. The normalized spacial score (nSPS) is 12.2. The molecule has 0 unspecified atom stereocenters. The standard InChI is InChI=1S/C15H23N5O2S2/c1-5-19(6-2)24(21,22)13-9-7-8-12(10-13)14-17-18-15(20(14)16)23-11(3)4/h7-11H,5-6,16H2,1-4H3. The van der Waals surface area contributed by atoms with Crippen molar-refractivity contribution in [3.05, 3.63) is 24.3 Å². The molecule has 0 atom stereocenters. The fourth-order valence-electron chi connectivity index (χ4n) is 2.27. The monoisotopic (exact) mass is 369 g/mol. The van der Waals surface area contributed by atoms with E-state index in [2.05, 4.69) is 10.2 Å². The van der Waals surface area contributed by atoms with Crippen LogP contribution in [0.5, 0.6) is 0 Å². The van der Waals surface area contributed by atoms with Gasteiger partial charge in [0.05, 0.1) is 4.90 Å². The van der Waals surface area contributed by atoms with Gasteiger partial charge in [0.1, 0.15) is 0 Å². The lowest BCUT2D eigenvalue weighted by Crippen LogP contribution is -2.30. The van der Waals surface area contributed by atoms with Crippen LogP contribution in [0.2, 0.25) is 0 Å². The molecule has 0 fully saturated rings. The minimum absolute atomic E-state index is 0.227. The Kier molecular flexibility index (Phi) is 5.89. The van der Waals surface area contributed by atoms with Crippen LogP contribution in [-0.4, -0.2) is 45.9 Å². The molecule has 132 valence electrons. The Morgan fingerprint density at radius 3 is 2.50 bits per heavy atom. The second-order valence-corrected chi connectivity index (χ2v) is 8.94.